The number of hydrogen-bond donors (Lipinski definition) is 1. The predicted molar refractivity (Wildman–Crippen MR) is 115 cm³/mol. The van der Waals surface area contributed by atoms with Crippen LogP contribution < -0.4 is 0 Å². The maximum Gasteiger partial charge on any atom is 0.270 e. The molecule has 0 spiro atoms. The highest BCUT2D eigenvalue weighted by Gasteiger charge is 2.52. The second-order valence-corrected chi connectivity index (χ2v) is 8.43. The van der Waals surface area contributed by atoms with Crippen LogP contribution in [0.25, 0.3) is 0 Å². The minimum absolute atomic E-state index is 0.0412. The van der Waals surface area contributed by atoms with Crippen molar-refractivity contribution < 1.29 is 9.59 Å². The Labute approximate surface area is 176 Å². The molecule has 0 aliphatic carbocycles. The van der Waals surface area contributed by atoms with E-state index in [0.717, 1.165) is 18.5 Å². The Hall–Kier alpha value is -3.34. The summed E-state index contributed by atoms with van der Waals surface area (Å²) in [6.45, 7) is 2.29. The highest BCUT2D eigenvalue weighted by molar-refractivity contribution is 5.95. The maximum absolute atomic E-state index is 13.8. The number of aromatic nitrogens is 1. The number of carbonyl (C=O) groups excluding carboxylic acids is 2. The largest absolute Gasteiger partial charge is 0.357 e. The van der Waals surface area contributed by atoms with E-state index in [2.05, 4.69) is 35.3 Å². The predicted octanol–water partition coefficient (Wildman–Crippen LogP) is 3.28. The summed E-state index contributed by atoms with van der Waals surface area (Å²) < 4.78 is 0. The number of nitrogens with zero attached hydrogens (tertiary/aromatic N) is 2. The van der Waals surface area contributed by atoms with E-state index in [1.54, 1.807) is 17.2 Å². The van der Waals surface area contributed by atoms with E-state index in [-0.39, 0.29) is 11.8 Å². The molecular weight excluding hydrogens is 374 g/mol. The van der Waals surface area contributed by atoms with Gasteiger partial charge in [0.2, 0.25) is 5.91 Å². The van der Waals surface area contributed by atoms with E-state index in [0.29, 0.717) is 31.7 Å². The van der Waals surface area contributed by atoms with Crippen molar-refractivity contribution in [1.29, 1.82) is 0 Å². The lowest BCUT2D eigenvalue weighted by atomic mass is 9.73. The number of aromatic amines is 1. The second kappa shape index (κ2) is 7.48. The lowest BCUT2D eigenvalue weighted by Crippen LogP contribution is -2.66. The lowest BCUT2D eigenvalue weighted by molar-refractivity contribution is -0.152. The second-order valence-electron chi connectivity index (χ2n) is 8.43. The molecule has 0 unspecified atom stereocenters. The molecule has 2 aromatic carbocycles. The number of H-pyrrole nitrogens is 1. The Morgan fingerprint density at radius 3 is 2.33 bits per heavy atom. The van der Waals surface area contributed by atoms with Crippen LogP contribution in [0.1, 0.15) is 27.2 Å². The van der Waals surface area contributed by atoms with Gasteiger partial charge in [0, 0.05) is 32.4 Å². The van der Waals surface area contributed by atoms with Gasteiger partial charge in [0.05, 0.1) is 5.41 Å². The van der Waals surface area contributed by atoms with E-state index in [4.69, 9.17) is 0 Å². The molecule has 1 aromatic heterocycles. The number of benzene rings is 2. The summed E-state index contributed by atoms with van der Waals surface area (Å²) in [6, 6.07) is 22.1. The fourth-order valence-electron chi connectivity index (χ4n) is 4.78. The van der Waals surface area contributed by atoms with E-state index < -0.39 is 5.41 Å². The molecule has 0 radical (unpaired) electrons. The third kappa shape index (κ3) is 3.30. The fraction of sp³-hybridized carbons (Fsp3) is 0.280. The number of nitrogens with one attached hydrogen (secondary N) is 1. The summed E-state index contributed by atoms with van der Waals surface area (Å²) in [7, 11) is 0. The summed E-state index contributed by atoms with van der Waals surface area (Å²) in [4.78, 5) is 33.3. The summed E-state index contributed by atoms with van der Waals surface area (Å²) >= 11 is 0. The number of rotatable bonds is 4. The minimum atomic E-state index is -0.560. The molecule has 0 saturated carbocycles. The van der Waals surface area contributed by atoms with Crippen LogP contribution in [-0.2, 0) is 24.2 Å². The first kappa shape index (κ1) is 18.7. The Morgan fingerprint density at radius 2 is 1.60 bits per heavy atom. The van der Waals surface area contributed by atoms with Gasteiger partial charge in [-0.25, -0.2) is 0 Å². The molecule has 5 heteroatoms. The molecule has 1 fully saturated rings. The van der Waals surface area contributed by atoms with E-state index >= 15 is 0 Å². The van der Waals surface area contributed by atoms with Crippen molar-refractivity contribution in [3.05, 3.63) is 95.3 Å². The van der Waals surface area contributed by atoms with Crippen LogP contribution in [0.2, 0.25) is 0 Å². The molecule has 0 bridgehead atoms. The van der Waals surface area contributed by atoms with E-state index in [1.807, 2.05) is 35.2 Å². The number of amides is 2. The van der Waals surface area contributed by atoms with Crippen molar-refractivity contribution in [2.45, 2.75) is 19.4 Å². The quantitative estimate of drug-likeness (QED) is 0.732. The molecule has 152 valence electrons. The van der Waals surface area contributed by atoms with Crippen molar-refractivity contribution in [2.24, 2.45) is 5.41 Å². The van der Waals surface area contributed by atoms with E-state index in [1.165, 1.54) is 11.1 Å². The molecular formula is C25H25N3O2. The number of likely N-dealkylation sites (tertiary alicyclic amines) is 1. The fourth-order valence-corrected chi connectivity index (χ4v) is 4.78. The molecule has 30 heavy (non-hydrogen) atoms. The average molecular weight is 399 g/mol. The Morgan fingerprint density at radius 1 is 0.867 bits per heavy atom. The van der Waals surface area contributed by atoms with Crippen molar-refractivity contribution in [3.8, 4) is 0 Å². The van der Waals surface area contributed by atoms with Gasteiger partial charge >= 0.3 is 0 Å². The SMILES string of the molecule is O=C(c1ccc[nH]1)N1CC(Cc2ccccc2)(C(=O)N2CCc3ccccc3C2)C1. The number of hydrogen-bond acceptors (Lipinski definition) is 2. The van der Waals surface area contributed by atoms with Crippen molar-refractivity contribution in [3.63, 3.8) is 0 Å². The molecule has 5 rings (SSSR count). The summed E-state index contributed by atoms with van der Waals surface area (Å²) in [5, 5.41) is 0. The summed E-state index contributed by atoms with van der Waals surface area (Å²) in [6.07, 6.45) is 3.29. The highest BCUT2D eigenvalue weighted by atomic mass is 16.2. The molecule has 1 saturated heterocycles. The number of fused-ring (bicyclic) bond motifs is 1. The van der Waals surface area contributed by atoms with Gasteiger partial charge in [-0.15, -0.1) is 0 Å². The monoisotopic (exact) mass is 399 g/mol. The van der Waals surface area contributed by atoms with Crippen LogP contribution in [-0.4, -0.2) is 46.2 Å². The lowest BCUT2D eigenvalue weighted by Gasteiger charge is -2.51. The maximum atomic E-state index is 13.8. The first-order valence-corrected chi connectivity index (χ1v) is 10.5. The number of carbonyl (C=O) groups is 2. The zero-order valence-corrected chi connectivity index (χ0v) is 16.9. The molecule has 0 atom stereocenters. The average Bonchev–Trinajstić information content (AvgIpc) is 3.30. The zero-order valence-electron chi connectivity index (χ0n) is 16.9. The van der Waals surface area contributed by atoms with Crippen molar-refractivity contribution in [2.75, 3.05) is 19.6 Å². The van der Waals surface area contributed by atoms with Gasteiger partial charge in [-0.3, -0.25) is 9.59 Å². The smallest absolute Gasteiger partial charge is 0.270 e. The minimum Gasteiger partial charge on any atom is -0.357 e. The van der Waals surface area contributed by atoms with E-state index in [9.17, 15) is 9.59 Å². The van der Waals surface area contributed by atoms with Crippen LogP contribution in [0.15, 0.2) is 72.9 Å². The standard InChI is InChI=1S/C25H25N3O2/c29-23(22-11-6-13-26-22)28-17-25(18-28,15-19-7-2-1-3-8-19)24(30)27-14-12-20-9-4-5-10-21(20)16-27/h1-11,13,26H,12,14-18H2. The van der Waals surface area contributed by atoms with Gasteiger partial charge in [0.25, 0.3) is 5.91 Å². The Kier molecular flexibility index (Phi) is 4.66. The van der Waals surface area contributed by atoms with Crippen LogP contribution in [0.3, 0.4) is 0 Å². The molecule has 2 amide bonds. The molecule has 1 N–H and O–H groups in total. The van der Waals surface area contributed by atoms with Gasteiger partial charge in [-0.1, -0.05) is 54.6 Å². The molecule has 3 aromatic rings. The van der Waals surface area contributed by atoms with Crippen molar-refractivity contribution in [1.82, 2.24) is 14.8 Å². The zero-order chi connectivity index (χ0) is 20.6. The molecule has 3 heterocycles. The third-order valence-electron chi connectivity index (χ3n) is 6.36. The van der Waals surface area contributed by atoms with Crippen LogP contribution in [0.4, 0.5) is 0 Å². The van der Waals surface area contributed by atoms with Crippen LogP contribution in [0.5, 0.6) is 0 Å². The topological polar surface area (TPSA) is 56.4 Å². The first-order chi connectivity index (χ1) is 14.6. The molecule has 2 aliphatic rings. The highest BCUT2D eigenvalue weighted by Crippen LogP contribution is 2.38. The van der Waals surface area contributed by atoms with Crippen molar-refractivity contribution >= 4 is 11.8 Å². The molecule has 5 nitrogen and oxygen atoms in total. The normalized spacial score (nSPS) is 17.2. The summed E-state index contributed by atoms with van der Waals surface area (Å²) in [5.41, 5.74) is 3.70. The van der Waals surface area contributed by atoms with Gasteiger partial charge in [0.15, 0.2) is 0 Å². The van der Waals surface area contributed by atoms with Gasteiger partial charge in [-0.05, 0) is 41.7 Å². The summed E-state index contributed by atoms with van der Waals surface area (Å²) in [5.74, 6) is 0.122. The third-order valence-corrected chi connectivity index (χ3v) is 6.36. The Balaban J connectivity index is 1.38. The first-order valence-electron chi connectivity index (χ1n) is 10.5. The van der Waals surface area contributed by atoms with Crippen LogP contribution >= 0.6 is 0 Å². The van der Waals surface area contributed by atoms with Gasteiger partial charge in [-0.2, -0.15) is 0 Å². The molecule has 2 aliphatic heterocycles. The van der Waals surface area contributed by atoms with Crippen LogP contribution in [0, 0.1) is 5.41 Å². The van der Waals surface area contributed by atoms with Gasteiger partial charge < -0.3 is 14.8 Å². The Bertz CT molecular complexity index is 1050. The van der Waals surface area contributed by atoms with Gasteiger partial charge in [0.1, 0.15) is 5.69 Å².